The molecule has 216 valence electrons. The zero-order valence-electron chi connectivity index (χ0n) is 23.5. The summed E-state index contributed by atoms with van der Waals surface area (Å²) in [6, 6.07) is 2.38. The number of nitrogens with zero attached hydrogens (tertiary/aromatic N) is 6. The smallest absolute Gasteiger partial charge is 0.410 e. The summed E-state index contributed by atoms with van der Waals surface area (Å²) >= 11 is 0. The van der Waals surface area contributed by atoms with E-state index in [0.717, 1.165) is 42.1 Å². The molecule has 0 spiro atoms. The van der Waals surface area contributed by atoms with E-state index in [2.05, 4.69) is 26.3 Å². The number of rotatable bonds is 3. The zero-order chi connectivity index (χ0) is 28.2. The minimum Gasteiger partial charge on any atom is -0.485 e. The Balaban J connectivity index is 1.13. The molecule has 2 aromatic rings. The van der Waals surface area contributed by atoms with Crippen LogP contribution in [0.25, 0.3) is 0 Å². The lowest BCUT2D eigenvalue weighted by Gasteiger charge is -2.43. The first kappa shape index (κ1) is 27.0. The van der Waals surface area contributed by atoms with E-state index in [0.29, 0.717) is 55.5 Å². The number of ether oxygens (including phenoxy) is 2. The minimum absolute atomic E-state index is 0.116. The fraction of sp³-hybridized carbons (Fsp3) is 0.630. The SMILES string of the molecule is Cc1nc(C2CN(C3CCN(C(=O)OC(C)(C)C)C3)C2)cc2c1OCc1c(ncnc1N1CCS(=O)(=O)CC1)N2. The van der Waals surface area contributed by atoms with Crippen LogP contribution in [0, 0.1) is 6.92 Å². The molecule has 0 bridgehead atoms. The quantitative estimate of drug-likeness (QED) is 0.583. The number of amides is 1. The molecule has 4 aliphatic rings. The van der Waals surface area contributed by atoms with Crippen molar-refractivity contribution in [2.45, 2.75) is 58.3 Å². The lowest BCUT2D eigenvalue weighted by Crippen LogP contribution is -2.52. The molecule has 40 heavy (non-hydrogen) atoms. The van der Waals surface area contributed by atoms with E-state index >= 15 is 0 Å². The first-order valence-electron chi connectivity index (χ1n) is 13.9. The molecular formula is C27H37N7O5S. The van der Waals surface area contributed by atoms with Gasteiger partial charge in [0.05, 0.1) is 28.5 Å². The highest BCUT2D eigenvalue weighted by atomic mass is 32.2. The zero-order valence-corrected chi connectivity index (χ0v) is 24.3. The van der Waals surface area contributed by atoms with Gasteiger partial charge in [-0.1, -0.05) is 0 Å². The summed E-state index contributed by atoms with van der Waals surface area (Å²) in [5, 5.41) is 3.45. The first-order chi connectivity index (χ1) is 19.0. The molecule has 0 radical (unpaired) electrons. The largest absolute Gasteiger partial charge is 0.485 e. The molecule has 4 aliphatic heterocycles. The van der Waals surface area contributed by atoms with E-state index in [9.17, 15) is 13.2 Å². The Bertz CT molecular complexity index is 1410. The lowest BCUT2D eigenvalue weighted by molar-refractivity contribution is 0.0260. The molecule has 0 saturated carbocycles. The number of hydrogen-bond donors (Lipinski definition) is 1. The monoisotopic (exact) mass is 571 g/mol. The van der Waals surface area contributed by atoms with Gasteiger partial charge in [0.1, 0.15) is 30.2 Å². The summed E-state index contributed by atoms with van der Waals surface area (Å²) in [5.41, 5.74) is 2.95. The van der Waals surface area contributed by atoms with Gasteiger partial charge in [-0.3, -0.25) is 9.88 Å². The van der Waals surface area contributed by atoms with Crippen LogP contribution in [-0.2, 0) is 21.2 Å². The summed E-state index contributed by atoms with van der Waals surface area (Å²) < 4.78 is 35.6. The molecule has 6 rings (SSSR count). The van der Waals surface area contributed by atoms with Crippen molar-refractivity contribution in [2.24, 2.45) is 0 Å². The standard InChI is InChI=1S/C27H37N7O5S/c1-17-23-22(31-24-20(15-38-23)25(29-16-28-24)32-7-9-40(36,37)10-8-32)11-21(30-17)18-12-34(13-18)19-5-6-33(14-19)26(35)39-27(2,3)4/h11,16,18-19H,5-10,12-15H2,1-4H3,(H,28,29,31). The molecular weight excluding hydrogens is 534 g/mol. The highest BCUT2D eigenvalue weighted by Crippen LogP contribution is 2.40. The van der Waals surface area contributed by atoms with Gasteiger partial charge in [-0.15, -0.1) is 0 Å². The van der Waals surface area contributed by atoms with Crippen LogP contribution < -0.4 is 15.0 Å². The van der Waals surface area contributed by atoms with Gasteiger partial charge >= 0.3 is 6.09 Å². The van der Waals surface area contributed by atoms with Crippen LogP contribution in [0.15, 0.2) is 12.4 Å². The maximum absolute atomic E-state index is 12.5. The molecule has 3 saturated heterocycles. The number of fused-ring (bicyclic) bond motifs is 2. The Hall–Kier alpha value is -3.19. The van der Waals surface area contributed by atoms with Gasteiger partial charge in [-0.2, -0.15) is 0 Å². The van der Waals surface area contributed by atoms with E-state index in [1.165, 1.54) is 6.33 Å². The summed E-state index contributed by atoms with van der Waals surface area (Å²) in [7, 11) is -3.00. The molecule has 12 nitrogen and oxygen atoms in total. The van der Waals surface area contributed by atoms with Crippen molar-refractivity contribution in [3.8, 4) is 5.75 Å². The third kappa shape index (κ3) is 5.40. The fourth-order valence-corrected chi connectivity index (χ4v) is 7.01. The summed E-state index contributed by atoms with van der Waals surface area (Å²) in [6.45, 7) is 11.9. The number of likely N-dealkylation sites (tertiary alicyclic amines) is 2. The predicted molar refractivity (Wildman–Crippen MR) is 150 cm³/mol. The van der Waals surface area contributed by atoms with Gasteiger partial charge in [-0.25, -0.2) is 23.2 Å². The number of sulfone groups is 1. The second-order valence-corrected chi connectivity index (χ2v) is 14.4. The molecule has 3 fully saturated rings. The maximum Gasteiger partial charge on any atom is 0.410 e. The Morgan fingerprint density at radius 2 is 1.88 bits per heavy atom. The minimum atomic E-state index is -3.00. The van der Waals surface area contributed by atoms with Crippen molar-refractivity contribution < 1.29 is 22.7 Å². The third-order valence-electron chi connectivity index (χ3n) is 8.00. The lowest BCUT2D eigenvalue weighted by atomic mass is 9.92. The number of hydrogen-bond acceptors (Lipinski definition) is 11. The molecule has 13 heteroatoms. The van der Waals surface area contributed by atoms with Crippen LogP contribution in [0.2, 0.25) is 0 Å². The van der Waals surface area contributed by atoms with Crippen LogP contribution in [0.3, 0.4) is 0 Å². The second-order valence-electron chi connectivity index (χ2n) is 12.1. The number of anilines is 3. The number of aryl methyl sites for hydroxylation is 1. The van der Waals surface area contributed by atoms with E-state index in [1.807, 2.05) is 37.5 Å². The van der Waals surface area contributed by atoms with Gasteiger partial charge in [0.25, 0.3) is 0 Å². The van der Waals surface area contributed by atoms with Crippen molar-refractivity contribution in [2.75, 3.05) is 61.0 Å². The van der Waals surface area contributed by atoms with E-state index in [1.54, 1.807) is 0 Å². The third-order valence-corrected chi connectivity index (χ3v) is 9.61. The van der Waals surface area contributed by atoms with Crippen molar-refractivity contribution in [3.05, 3.63) is 29.3 Å². The van der Waals surface area contributed by atoms with Crippen LogP contribution in [-0.4, -0.2) is 102 Å². The van der Waals surface area contributed by atoms with Crippen LogP contribution in [0.1, 0.15) is 50.1 Å². The van der Waals surface area contributed by atoms with Gasteiger partial charge < -0.3 is 24.6 Å². The Morgan fingerprint density at radius 3 is 2.60 bits per heavy atom. The molecule has 2 aromatic heterocycles. The van der Waals surface area contributed by atoms with Crippen molar-refractivity contribution >= 4 is 33.3 Å². The average molecular weight is 572 g/mol. The topological polar surface area (TPSA) is 130 Å². The van der Waals surface area contributed by atoms with Crippen molar-refractivity contribution in [1.29, 1.82) is 0 Å². The Morgan fingerprint density at radius 1 is 1.12 bits per heavy atom. The fourth-order valence-electron chi connectivity index (χ4n) is 5.81. The molecule has 1 N–H and O–H groups in total. The first-order valence-corrected chi connectivity index (χ1v) is 15.7. The summed E-state index contributed by atoms with van der Waals surface area (Å²) in [5.74, 6) is 2.58. The van der Waals surface area contributed by atoms with Crippen LogP contribution >= 0.6 is 0 Å². The van der Waals surface area contributed by atoms with Gasteiger partial charge in [-0.05, 0) is 40.2 Å². The number of pyridine rings is 1. The van der Waals surface area contributed by atoms with Crippen molar-refractivity contribution in [3.63, 3.8) is 0 Å². The predicted octanol–water partition coefficient (Wildman–Crippen LogP) is 2.46. The summed E-state index contributed by atoms with van der Waals surface area (Å²) in [4.78, 5) is 32.6. The Labute approximate surface area is 235 Å². The average Bonchev–Trinajstić information content (AvgIpc) is 3.24. The number of aromatic nitrogens is 3. The molecule has 1 unspecified atom stereocenters. The molecule has 6 heterocycles. The van der Waals surface area contributed by atoms with E-state index in [-0.39, 0.29) is 24.2 Å². The highest BCUT2D eigenvalue weighted by Gasteiger charge is 2.40. The molecule has 1 atom stereocenters. The van der Waals surface area contributed by atoms with E-state index < -0.39 is 15.4 Å². The second kappa shape index (κ2) is 10.0. The number of nitrogens with one attached hydrogen (secondary N) is 1. The normalized spacial score (nSPS) is 22.9. The summed E-state index contributed by atoms with van der Waals surface area (Å²) in [6.07, 6.45) is 2.22. The highest BCUT2D eigenvalue weighted by molar-refractivity contribution is 7.91. The van der Waals surface area contributed by atoms with Gasteiger partial charge in [0.15, 0.2) is 15.6 Å². The van der Waals surface area contributed by atoms with Gasteiger partial charge in [0, 0.05) is 56.9 Å². The van der Waals surface area contributed by atoms with Crippen LogP contribution in [0.4, 0.5) is 22.1 Å². The van der Waals surface area contributed by atoms with Crippen molar-refractivity contribution in [1.82, 2.24) is 24.8 Å². The number of carbonyl (C=O) groups excluding carboxylic acids is 1. The number of carbonyl (C=O) groups is 1. The van der Waals surface area contributed by atoms with Crippen LogP contribution in [0.5, 0.6) is 5.75 Å². The van der Waals surface area contributed by atoms with Gasteiger partial charge in [0.2, 0.25) is 0 Å². The maximum atomic E-state index is 12.5. The molecule has 1 amide bonds. The molecule has 0 aliphatic carbocycles. The molecule has 0 aromatic carbocycles. The Kier molecular flexibility index (Phi) is 6.76. The van der Waals surface area contributed by atoms with E-state index in [4.69, 9.17) is 14.5 Å².